The minimum Gasteiger partial charge on any atom is -0.406 e. The fourth-order valence-electron chi connectivity index (χ4n) is 3.33. The summed E-state index contributed by atoms with van der Waals surface area (Å²) in [7, 11) is 1.57. The van der Waals surface area contributed by atoms with Crippen LogP contribution in [0.5, 0.6) is 5.75 Å². The summed E-state index contributed by atoms with van der Waals surface area (Å²) in [4.78, 5) is 19.5. The normalized spacial score (nSPS) is 22.4. The quantitative estimate of drug-likeness (QED) is 0.720. The lowest BCUT2D eigenvalue weighted by molar-refractivity contribution is -0.274. The maximum absolute atomic E-state index is 12.8. The number of carbonyl (C=O) groups is 1. The third kappa shape index (κ3) is 4.14. The zero-order valence-electron chi connectivity index (χ0n) is 15.9. The minimum absolute atomic E-state index is 0.119. The Morgan fingerprint density at radius 1 is 1.38 bits per heavy atom. The number of guanidine groups is 1. The van der Waals surface area contributed by atoms with Gasteiger partial charge in [0.15, 0.2) is 5.96 Å². The highest BCUT2D eigenvalue weighted by molar-refractivity contribution is 7.10. The number of aliphatic imine (C=N–C) groups is 1. The second-order valence-corrected chi connectivity index (χ2v) is 7.78. The van der Waals surface area contributed by atoms with Gasteiger partial charge in [0.2, 0.25) is 5.91 Å². The number of halogens is 3. The summed E-state index contributed by atoms with van der Waals surface area (Å²) < 4.78 is 41.5. The second kappa shape index (κ2) is 7.55. The predicted octanol–water partition coefficient (Wildman–Crippen LogP) is 4.51. The van der Waals surface area contributed by atoms with Crippen LogP contribution in [0.15, 0.2) is 53.4 Å². The first-order valence-electron chi connectivity index (χ1n) is 8.74. The molecule has 0 bridgehead atoms. The maximum atomic E-state index is 12.8. The molecule has 2 heterocycles. The molecule has 0 aliphatic carbocycles. The largest absolute Gasteiger partial charge is 0.573 e. The van der Waals surface area contributed by atoms with E-state index in [0.717, 1.165) is 4.88 Å². The molecule has 0 fully saturated rings. The van der Waals surface area contributed by atoms with E-state index >= 15 is 0 Å². The van der Waals surface area contributed by atoms with Crippen LogP contribution in [0.2, 0.25) is 0 Å². The van der Waals surface area contributed by atoms with Crippen LogP contribution in [0, 0.1) is 5.92 Å². The van der Waals surface area contributed by atoms with E-state index in [1.807, 2.05) is 18.4 Å². The van der Waals surface area contributed by atoms with Gasteiger partial charge in [-0.1, -0.05) is 18.2 Å². The zero-order valence-corrected chi connectivity index (χ0v) is 16.7. The maximum Gasteiger partial charge on any atom is 0.573 e. The van der Waals surface area contributed by atoms with Gasteiger partial charge in [-0.2, -0.15) is 0 Å². The van der Waals surface area contributed by atoms with Crippen molar-refractivity contribution >= 4 is 23.2 Å². The molecule has 1 unspecified atom stereocenters. The molecule has 154 valence electrons. The molecule has 29 heavy (non-hydrogen) atoms. The Labute approximate surface area is 170 Å². The first-order valence-corrected chi connectivity index (χ1v) is 9.62. The Morgan fingerprint density at radius 2 is 2.10 bits per heavy atom. The number of alkyl halides is 3. The number of ether oxygens (including phenoxy) is 1. The Bertz CT molecular complexity index is 970. The third-order valence-electron chi connectivity index (χ3n) is 4.90. The van der Waals surface area contributed by atoms with E-state index in [4.69, 9.17) is 5.73 Å². The fraction of sp³-hybridized carbons (Fsp3) is 0.300. The minimum atomic E-state index is -4.76. The summed E-state index contributed by atoms with van der Waals surface area (Å²) >= 11 is 1.37. The molecule has 0 saturated carbocycles. The SMILES string of the molecule is C=CCC1C(=O)N(C)C(N)=N[C@]1(C)c1cc(-c2cccc(OC(F)(F)F)c2)cs1. The monoisotopic (exact) mass is 423 g/mol. The average molecular weight is 423 g/mol. The number of allylic oxidation sites excluding steroid dienone is 1. The van der Waals surface area contributed by atoms with E-state index in [1.165, 1.54) is 34.4 Å². The molecule has 1 aliphatic heterocycles. The van der Waals surface area contributed by atoms with Crippen molar-refractivity contribution in [2.75, 3.05) is 7.05 Å². The van der Waals surface area contributed by atoms with E-state index in [0.29, 0.717) is 17.5 Å². The van der Waals surface area contributed by atoms with Gasteiger partial charge in [0.25, 0.3) is 0 Å². The number of hydrogen-bond donors (Lipinski definition) is 1. The Balaban J connectivity index is 1.99. The van der Waals surface area contributed by atoms with Crippen LogP contribution in [0.3, 0.4) is 0 Å². The zero-order chi connectivity index (χ0) is 21.4. The highest BCUT2D eigenvalue weighted by atomic mass is 32.1. The van der Waals surface area contributed by atoms with Gasteiger partial charge < -0.3 is 10.5 Å². The molecule has 5 nitrogen and oxygen atoms in total. The molecule has 1 aliphatic rings. The number of rotatable bonds is 5. The van der Waals surface area contributed by atoms with E-state index in [2.05, 4.69) is 16.3 Å². The van der Waals surface area contributed by atoms with Gasteiger partial charge in [-0.3, -0.25) is 9.69 Å². The van der Waals surface area contributed by atoms with Gasteiger partial charge in [0.05, 0.1) is 5.92 Å². The second-order valence-electron chi connectivity index (χ2n) is 6.87. The van der Waals surface area contributed by atoms with Crippen molar-refractivity contribution in [2.45, 2.75) is 25.2 Å². The highest BCUT2D eigenvalue weighted by Crippen LogP contribution is 2.44. The standard InChI is InChI=1S/C20H20F3N3O2S/c1-4-6-15-17(27)26(3)18(24)25-19(15,2)16-10-13(11-29-16)12-7-5-8-14(9-12)28-20(21,22)23/h4-5,7-11,15H,1,6H2,2-3H3,(H2,24,25)/t15?,19-/m0/s1. The lowest BCUT2D eigenvalue weighted by Crippen LogP contribution is -2.53. The Kier molecular flexibility index (Phi) is 5.44. The molecule has 2 atom stereocenters. The van der Waals surface area contributed by atoms with E-state index in [-0.39, 0.29) is 17.6 Å². The van der Waals surface area contributed by atoms with Gasteiger partial charge in [-0.15, -0.1) is 31.1 Å². The molecule has 9 heteroatoms. The topological polar surface area (TPSA) is 67.9 Å². The van der Waals surface area contributed by atoms with Crippen LogP contribution in [-0.2, 0) is 10.3 Å². The van der Waals surface area contributed by atoms with E-state index in [9.17, 15) is 18.0 Å². The number of amides is 1. The third-order valence-corrected chi connectivity index (χ3v) is 6.06. The molecule has 1 amide bonds. The first kappa shape index (κ1) is 20.9. The van der Waals surface area contributed by atoms with Crippen molar-refractivity contribution in [2.24, 2.45) is 16.6 Å². The van der Waals surface area contributed by atoms with Crippen LogP contribution in [0.1, 0.15) is 18.2 Å². The molecule has 2 aromatic rings. The lowest BCUT2D eigenvalue weighted by atomic mass is 9.80. The summed E-state index contributed by atoms with van der Waals surface area (Å²) in [6.07, 6.45) is -2.68. The van der Waals surface area contributed by atoms with Crippen molar-refractivity contribution in [3.05, 3.63) is 53.2 Å². The summed E-state index contributed by atoms with van der Waals surface area (Å²) in [5.41, 5.74) is 6.32. The van der Waals surface area contributed by atoms with E-state index < -0.39 is 17.8 Å². The number of carbonyl (C=O) groups excluding carboxylic acids is 1. The predicted molar refractivity (Wildman–Crippen MR) is 106 cm³/mol. The molecule has 0 saturated heterocycles. The van der Waals surface area contributed by atoms with Crippen molar-refractivity contribution in [3.63, 3.8) is 0 Å². The molecule has 1 aromatic heterocycles. The summed E-state index contributed by atoms with van der Waals surface area (Å²) in [5, 5.41) is 1.81. The van der Waals surface area contributed by atoms with Crippen LogP contribution in [-0.4, -0.2) is 30.2 Å². The lowest BCUT2D eigenvalue weighted by Gasteiger charge is -2.39. The highest BCUT2D eigenvalue weighted by Gasteiger charge is 2.46. The van der Waals surface area contributed by atoms with Gasteiger partial charge in [-0.05, 0) is 48.1 Å². The fourth-order valence-corrected chi connectivity index (χ4v) is 4.41. The van der Waals surface area contributed by atoms with Crippen molar-refractivity contribution < 1.29 is 22.7 Å². The molecule has 1 aromatic carbocycles. The molecule has 0 radical (unpaired) electrons. The summed E-state index contributed by atoms with van der Waals surface area (Å²) in [6, 6.07) is 7.57. The van der Waals surface area contributed by atoms with Crippen molar-refractivity contribution in [3.8, 4) is 16.9 Å². The van der Waals surface area contributed by atoms with Crippen molar-refractivity contribution in [1.82, 2.24) is 4.90 Å². The van der Waals surface area contributed by atoms with Crippen LogP contribution in [0.25, 0.3) is 11.1 Å². The van der Waals surface area contributed by atoms with E-state index in [1.54, 1.807) is 19.2 Å². The molecule has 0 spiro atoms. The molecular formula is C20H20F3N3O2S. The van der Waals surface area contributed by atoms with Gasteiger partial charge >= 0.3 is 6.36 Å². The van der Waals surface area contributed by atoms with Crippen LogP contribution >= 0.6 is 11.3 Å². The van der Waals surface area contributed by atoms with Gasteiger partial charge in [0, 0.05) is 11.9 Å². The van der Waals surface area contributed by atoms with Gasteiger partial charge in [0.1, 0.15) is 11.3 Å². The molecule has 2 N–H and O–H groups in total. The van der Waals surface area contributed by atoms with Crippen molar-refractivity contribution in [1.29, 1.82) is 0 Å². The molecular weight excluding hydrogens is 403 g/mol. The number of nitrogens with zero attached hydrogens (tertiary/aromatic N) is 2. The summed E-state index contributed by atoms with van der Waals surface area (Å²) in [6.45, 7) is 5.56. The molecule has 3 rings (SSSR count). The smallest absolute Gasteiger partial charge is 0.406 e. The Morgan fingerprint density at radius 3 is 2.76 bits per heavy atom. The number of hydrogen-bond acceptors (Lipinski definition) is 5. The average Bonchev–Trinajstić information content (AvgIpc) is 3.13. The van der Waals surface area contributed by atoms with Crippen LogP contribution < -0.4 is 10.5 Å². The number of nitrogens with two attached hydrogens (primary N) is 1. The summed E-state index contributed by atoms with van der Waals surface area (Å²) in [5.74, 6) is -0.817. The first-order chi connectivity index (χ1) is 13.5. The van der Waals surface area contributed by atoms with Gasteiger partial charge in [-0.25, -0.2) is 4.99 Å². The van der Waals surface area contributed by atoms with Crippen LogP contribution in [0.4, 0.5) is 13.2 Å². The Hall–Kier alpha value is -2.81. The number of benzene rings is 1. The number of thiophene rings is 1.